The number of amides is 1. The maximum atomic E-state index is 14.4. The molecule has 1 saturated heterocycles. The molecule has 0 aliphatic carbocycles. The monoisotopic (exact) mass is 367 g/mol. The number of ether oxygens (including phenoxy) is 2. The lowest BCUT2D eigenvalue weighted by Crippen LogP contribution is -2.47. The van der Waals surface area contributed by atoms with Gasteiger partial charge in [-0.15, -0.1) is 0 Å². The Morgan fingerprint density at radius 1 is 1.23 bits per heavy atom. The third-order valence-electron chi connectivity index (χ3n) is 5.44. The van der Waals surface area contributed by atoms with E-state index in [1.165, 1.54) is 19.1 Å². The topological polar surface area (TPSA) is 76.1 Å². The molecule has 0 saturated carbocycles. The van der Waals surface area contributed by atoms with E-state index in [1.807, 2.05) is 19.9 Å². The molecule has 0 bridgehead atoms. The molecule has 1 fully saturated rings. The minimum atomic E-state index is -2.37. The number of rotatable bonds is 7. The maximum Gasteiger partial charge on any atom is 0.343 e. The standard InChI is InChI=1S/C19H26FNO5/c1-5-18(6-2,13-7-8-14(25-3)15(11-13)26-4)16(22)21-10-9-19(20,12-21)17(23)24/h7-8,11H,5-6,9-10,12H2,1-4H3,(H,23,24). The van der Waals surface area contributed by atoms with Crippen molar-refractivity contribution >= 4 is 11.9 Å². The van der Waals surface area contributed by atoms with Crippen LogP contribution in [0.5, 0.6) is 11.5 Å². The quantitative estimate of drug-likeness (QED) is 0.802. The minimum absolute atomic E-state index is 0.0939. The van der Waals surface area contributed by atoms with Crippen LogP contribution in [0.15, 0.2) is 18.2 Å². The van der Waals surface area contributed by atoms with Crippen LogP contribution in [0.4, 0.5) is 4.39 Å². The summed E-state index contributed by atoms with van der Waals surface area (Å²) >= 11 is 0. The number of alkyl halides is 1. The molecular weight excluding hydrogens is 341 g/mol. The minimum Gasteiger partial charge on any atom is -0.493 e. The van der Waals surface area contributed by atoms with Crippen LogP contribution in [0.2, 0.25) is 0 Å². The molecule has 0 spiro atoms. The number of nitrogens with zero attached hydrogens (tertiary/aromatic N) is 1. The molecular formula is C19H26FNO5. The number of likely N-dealkylation sites (tertiary alicyclic amines) is 1. The van der Waals surface area contributed by atoms with E-state index in [9.17, 15) is 14.0 Å². The number of hydrogen-bond acceptors (Lipinski definition) is 4. The number of halogens is 1. The Balaban J connectivity index is 2.41. The highest BCUT2D eigenvalue weighted by molar-refractivity contribution is 5.90. The average molecular weight is 367 g/mol. The Hall–Kier alpha value is -2.31. The molecule has 1 heterocycles. The van der Waals surface area contributed by atoms with Crippen molar-refractivity contribution in [2.24, 2.45) is 0 Å². The Morgan fingerprint density at radius 2 is 1.85 bits per heavy atom. The fourth-order valence-corrected chi connectivity index (χ4v) is 3.64. The Bertz CT molecular complexity index is 689. The normalized spacial score (nSPS) is 20.1. The molecule has 1 unspecified atom stereocenters. The molecule has 0 aromatic heterocycles. The SMILES string of the molecule is CCC(CC)(C(=O)N1CCC(F)(C(=O)O)C1)c1ccc(OC)c(OC)c1. The van der Waals surface area contributed by atoms with Crippen LogP contribution in [-0.2, 0) is 15.0 Å². The number of carbonyl (C=O) groups excluding carboxylic acids is 1. The average Bonchev–Trinajstić information content (AvgIpc) is 3.06. The van der Waals surface area contributed by atoms with Gasteiger partial charge in [-0.1, -0.05) is 19.9 Å². The van der Waals surface area contributed by atoms with E-state index in [0.29, 0.717) is 24.3 Å². The lowest BCUT2D eigenvalue weighted by Gasteiger charge is -2.35. The predicted octanol–water partition coefficient (Wildman–Crippen LogP) is 2.79. The van der Waals surface area contributed by atoms with Crippen molar-refractivity contribution in [1.29, 1.82) is 0 Å². The van der Waals surface area contributed by atoms with Gasteiger partial charge in [0.25, 0.3) is 0 Å². The van der Waals surface area contributed by atoms with E-state index in [0.717, 1.165) is 5.56 Å². The molecule has 1 N–H and O–H groups in total. The molecule has 6 nitrogen and oxygen atoms in total. The third kappa shape index (κ3) is 3.22. The van der Waals surface area contributed by atoms with Gasteiger partial charge in [0.15, 0.2) is 11.5 Å². The maximum absolute atomic E-state index is 14.4. The van der Waals surface area contributed by atoms with E-state index < -0.39 is 23.6 Å². The molecule has 1 aliphatic heterocycles. The van der Waals surface area contributed by atoms with Crippen molar-refractivity contribution in [3.05, 3.63) is 23.8 Å². The van der Waals surface area contributed by atoms with Crippen molar-refractivity contribution < 1.29 is 28.6 Å². The molecule has 1 aromatic carbocycles. The molecule has 0 radical (unpaired) electrons. The zero-order valence-corrected chi connectivity index (χ0v) is 15.7. The molecule has 1 aliphatic rings. The lowest BCUT2D eigenvalue weighted by atomic mass is 9.74. The lowest BCUT2D eigenvalue weighted by molar-refractivity contribution is -0.150. The van der Waals surface area contributed by atoms with E-state index in [2.05, 4.69) is 0 Å². The largest absolute Gasteiger partial charge is 0.493 e. The summed E-state index contributed by atoms with van der Waals surface area (Å²) in [6.07, 6.45) is 0.810. The number of aliphatic carboxylic acids is 1. The van der Waals surface area contributed by atoms with Crippen molar-refractivity contribution in [3.63, 3.8) is 0 Å². The molecule has 26 heavy (non-hydrogen) atoms. The Labute approximate surface area is 152 Å². The molecule has 7 heteroatoms. The van der Waals surface area contributed by atoms with Crippen LogP contribution >= 0.6 is 0 Å². The highest BCUT2D eigenvalue weighted by atomic mass is 19.1. The first-order valence-corrected chi connectivity index (χ1v) is 8.72. The van der Waals surface area contributed by atoms with Crippen LogP contribution in [0.3, 0.4) is 0 Å². The molecule has 144 valence electrons. The Kier molecular flexibility index (Phi) is 5.78. The van der Waals surface area contributed by atoms with Crippen LogP contribution in [0, 0.1) is 0 Å². The van der Waals surface area contributed by atoms with Gasteiger partial charge in [0.2, 0.25) is 11.6 Å². The van der Waals surface area contributed by atoms with Crippen molar-refractivity contribution in [2.45, 2.75) is 44.2 Å². The molecule has 1 atom stereocenters. The van der Waals surface area contributed by atoms with Gasteiger partial charge in [0.1, 0.15) is 0 Å². The summed E-state index contributed by atoms with van der Waals surface area (Å²) in [6, 6.07) is 5.31. The van der Waals surface area contributed by atoms with Gasteiger partial charge in [-0.05, 0) is 30.5 Å². The molecule has 1 amide bonds. The summed E-state index contributed by atoms with van der Waals surface area (Å²) in [5.41, 5.74) is -2.50. The number of carbonyl (C=O) groups is 2. The second kappa shape index (κ2) is 7.51. The zero-order valence-electron chi connectivity index (χ0n) is 15.7. The van der Waals surface area contributed by atoms with Crippen molar-refractivity contribution in [2.75, 3.05) is 27.3 Å². The second-order valence-electron chi connectivity index (χ2n) is 6.61. The smallest absolute Gasteiger partial charge is 0.343 e. The van der Waals surface area contributed by atoms with E-state index in [1.54, 1.807) is 12.1 Å². The fraction of sp³-hybridized carbons (Fsp3) is 0.579. The fourth-order valence-electron chi connectivity index (χ4n) is 3.64. The Morgan fingerprint density at radius 3 is 2.31 bits per heavy atom. The van der Waals surface area contributed by atoms with Crippen LogP contribution in [0.25, 0.3) is 0 Å². The summed E-state index contributed by atoms with van der Waals surface area (Å²) in [7, 11) is 3.06. The van der Waals surface area contributed by atoms with Gasteiger partial charge < -0.3 is 19.5 Å². The first kappa shape index (κ1) is 20.0. The number of methoxy groups -OCH3 is 2. The van der Waals surface area contributed by atoms with Crippen LogP contribution in [0.1, 0.15) is 38.7 Å². The van der Waals surface area contributed by atoms with Crippen LogP contribution in [-0.4, -0.2) is 54.9 Å². The highest BCUT2D eigenvalue weighted by Crippen LogP contribution is 2.40. The van der Waals surface area contributed by atoms with Gasteiger partial charge in [0.05, 0.1) is 26.2 Å². The number of hydrogen-bond donors (Lipinski definition) is 1. The summed E-state index contributed by atoms with van der Waals surface area (Å²) in [5, 5.41) is 9.09. The summed E-state index contributed by atoms with van der Waals surface area (Å²) in [5.74, 6) is -0.705. The van der Waals surface area contributed by atoms with Crippen molar-refractivity contribution in [1.82, 2.24) is 4.90 Å². The summed E-state index contributed by atoms with van der Waals surface area (Å²) in [4.78, 5) is 25.8. The number of carboxylic acids is 1. The highest BCUT2D eigenvalue weighted by Gasteiger charge is 2.50. The van der Waals surface area contributed by atoms with E-state index in [-0.39, 0.29) is 18.9 Å². The molecule has 2 rings (SSSR count). The second-order valence-corrected chi connectivity index (χ2v) is 6.61. The van der Waals surface area contributed by atoms with Gasteiger partial charge >= 0.3 is 5.97 Å². The zero-order chi connectivity index (χ0) is 19.5. The predicted molar refractivity (Wildman–Crippen MR) is 94.5 cm³/mol. The summed E-state index contributed by atoms with van der Waals surface area (Å²) in [6.45, 7) is 3.47. The summed E-state index contributed by atoms with van der Waals surface area (Å²) < 4.78 is 25.0. The van der Waals surface area contributed by atoms with E-state index in [4.69, 9.17) is 14.6 Å². The van der Waals surface area contributed by atoms with Gasteiger partial charge in [-0.3, -0.25) is 4.79 Å². The first-order chi connectivity index (χ1) is 12.3. The third-order valence-corrected chi connectivity index (χ3v) is 5.44. The number of carboxylic acid groups (broad SMARTS) is 1. The number of benzene rings is 1. The van der Waals surface area contributed by atoms with Gasteiger partial charge in [0, 0.05) is 13.0 Å². The first-order valence-electron chi connectivity index (χ1n) is 8.72. The van der Waals surface area contributed by atoms with Gasteiger partial charge in [-0.25, -0.2) is 9.18 Å². The van der Waals surface area contributed by atoms with E-state index >= 15 is 0 Å². The van der Waals surface area contributed by atoms with Gasteiger partial charge in [-0.2, -0.15) is 0 Å². The van der Waals surface area contributed by atoms with Crippen LogP contribution < -0.4 is 9.47 Å². The van der Waals surface area contributed by atoms with Crippen molar-refractivity contribution in [3.8, 4) is 11.5 Å². The molecule has 1 aromatic rings.